The van der Waals surface area contributed by atoms with Gasteiger partial charge in [0.1, 0.15) is 11.8 Å². The zero-order valence-electron chi connectivity index (χ0n) is 19.1. The molecule has 2 aliphatic rings. The number of hydrogen-bond acceptors (Lipinski definition) is 5. The van der Waals surface area contributed by atoms with Crippen molar-refractivity contribution >= 4 is 17.4 Å². The molecule has 2 heterocycles. The number of nitrogens with one attached hydrogen (secondary N) is 1. The summed E-state index contributed by atoms with van der Waals surface area (Å²) < 4.78 is 82.0. The van der Waals surface area contributed by atoms with Crippen molar-refractivity contribution in [3.63, 3.8) is 0 Å². The highest BCUT2D eigenvalue weighted by atomic mass is 19.4. The lowest BCUT2D eigenvalue weighted by atomic mass is 9.73. The second-order valence-corrected chi connectivity index (χ2v) is 8.99. The van der Waals surface area contributed by atoms with Crippen molar-refractivity contribution in [3.8, 4) is 5.75 Å². The second kappa shape index (κ2) is 8.85. The topological polar surface area (TPSA) is 77.5 Å². The normalized spacial score (nSPS) is 26.5. The molecule has 6 nitrogen and oxygen atoms in total. The highest BCUT2D eigenvalue weighted by Crippen LogP contribution is 2.62. The molecule has 35 heavy (non-hydrogen) atoms. The molecule has 2 aromatic rings. The Morgan fingerprint density at radius 1 is 1.20 bits per heavy atom. The number of ether oxygens (including phenoxy) is 2. The molecule has 1 saturated carbocycles. The lowest BCUT2D eigenvalue weighted by Crippen LogP contribution is -2.49. The molecule has 11 heteroatoms. The number of amides is 1. The zero-order valence-corrected chi connectivity index (χ0v) is 19.1. The summed E-state index contributed by atoms with van der Waals surface area (Å²) in [6, 6.07) is 4.57. The predicted molar refractivity (Wildman–Crippen MR) is 114 cm³/mol. The number of ketones is 1. The van der Waals surface area contributed by atoms with Crippen LogP contribution in [0.5, 0.6) is 5.75 Å². The van der Waals surface area contributed by atoms with Gasteiger partial charge in [-0.05, 0) is 43.9 Å². The van der Waals surface area contributed by atoms with Crippen LogP contribution < -0.4 is 10.1 Å². The Balaban J connectivity index is 1.81. The molecule has 1 aromatic carbocycles. The molecule has 1 aliphatic carbocycles. The molecule has 1 N–H and O–H groups in total. The SMILES string of the molecule is COc1c([C@H]2[C@H](C(=O)Nc3ccnc(C(C)=O)c3)O[C@@](C)(C(F)(F)F)[C@H]2C2CC2)ccc(F)c1F. The average molecular weight is 498 g/mol. The van der Waals surface area contributed by atoms with Crippen LogP contribution in [0.3, 0.4) is 0 Å². The lowest BCUT2D eigenvalue weighted by molar-refractivity contribution is -0.275. The molecule has 1 amide bonds. The lowest BCUT2D eigenvalue weighted by Gasteiger charge is -2.34. The molecule has 0 spiro atoms. The van der Waals surface area contributed by atoms with Gasteiger partial charge in [0.2, 0.25) is 5.82 Å². The largest absolute Gasteiger partial charge is 0.493 e. The first-order valence-corrected chi connectivity index (χ1v) is 10.9. The van der Waals surface area contributed by atoms with Crippen LogP contribution in [0.15, 0.2) is 30.5 Å². The number of halogens is 5. The number of Topliss-reactive ketones (excluding diaryl/α,β-unsaturated/α-hetero) is 1. The van der Waals surface area contributed by atoms with Gasteiger partial charge in [-0.2, -0.15) is 17.6 Å². The van der Waals surface area contributed by atoms with Crippen molar-refractivity contribution in [1.82, 2.24) is 4.98 Å². The first kappa shape index (κ1) is 25.0. The maximum absolute atomic E-state index is 14.6. The summed E-state index contributed by atoms with van der Waals surface area (Å²) in [5.41, 5.74) is -2.64. The average Bonchev–Trinajstić information content (AvgIpc) is 3.57. The summed E-state index contributed by atoms with van der Waals surface area (Å²) in [6.45, 7) is 2.15. The molecule has 188 valence electrons. The van der Waals surface area contributed by atoms with Crippen LogP contribution >= 0.6 is 0 Å². The number of benzene rings is 1. The first-order chi connectivity index (χ1) is 16.4. The molecule has 4 atom stereocenters. The third-order valence-corrected chi connectivity index (χ3v) is 6.70. The number of hydrogen-bond donors (Lipinski definition) is 1. The first-order valence-electron chi connectivity index (χ1n) is 10.9. The zero-order chi connectivity index (χ0) is 25.7. The minimum absolute atomic E-state index is 0.0463. The number of rotatable bonds is 6. The van der Waals surface area contributed by atoms with Crippen LogP contribution in [-0.2, 0) is 9.53 Å². The van der Waals surface area contributed by atoms with E-state index in [1.54, 1.807) is 0 Å². The van der Waals surface area contributed by atoms with Gasteiger partial charge in [0, 0.05) is 36.2 Å². The van der Waals surface area contributed by atoms with E-state index in [1.165, 1.54) is 25.3 Å². The van der Waals surface area contributed by atoms with Gasteiger partial charge in [0.15, 0.2) is 23.0 Å². The third kappa shape index (κ3) is 4.37. The van der Waals surface area contributed by atoms with Crippen LogP contribution in [-0.4, -0.2) is 41.7 Å². The number of carbonyl (C=O) groups excluding carboxylic acids is 2. The Labute approximate surface area is 197 Å². The summed E-state index contributed by atoms with van der Waals surface area (Å²) in [6.07, 6.45) is -4.34. The summed E-state index contributed by atoms with van der Waals surface area (Å²) in [4.78, 5) is 28.8. The predicted octanol–water partition coefficient (Wildman–Crippen LogP) is 5.04. The number of methoxy groups -OCH3 is 1. The van der Waals surface area contributed by atoms with Crippen LogP contribution in [0.4, 0.5) is 27.6 Å². The summed E-state index contributed by atoms with van der Waals surface area (Å²) in [5, 5.41) is 2.48. The Hall–Kier alpha value is -3.08. The number of alkyl halides is 3. The van der Waals surface area contributed by atoms with Gasteiger partial charge in [-0.3, -0.25) is 14.6 Å². The van der Waals surface area contributed by atoms with E-state index in [2.05, 4.69) is 10.3 Å². The van der Waals surface area contributed by atoms with Gasteiger partial charge in [0.25, 0.3) is 5.91 Å². The molecule has 0 bridgehead atoms. The molecular weight excluding hydrogens is 475 g/mol. The monoisotopic (exact) mass is 498 g/mol. The van der Waals surface area contributed by atoms with Crippen molar-refractivity contribution < 1.29 is 41.0 Å². The minimum atomic E-state index is -4.85. The molecular formula is C24H23F5N2O4. The van der Waals surface area contributed by atoms with Gasteiger partial charge < -0.3 is 14.8 Å². The van der Waals surface area contributed by atoms with Crippen molar-refractivity contribution in [1.29, 1.82) is 0 Å². The van der Waals surface area contributed by atoms with Crippen LogP contribution in [0.25, 0.3) is 0 Å². The van der Waals surface area contributed by atoms with E-state index in [1.807, 2.05) is 0 Å². The number of nitrogens with zero attached hydrogens (tertiary/aromatic N) is 1. The van der Waals surface area contributed by atoms with Gasteiger partial charge in [0.05, 0.1) is 7.11 Å². The molecule has 1 aromatic heterocycles. The van der Waals surface area contributed by atoms with E-state index in [-0.39, 0.29) is 22.7 Å². The highest BCUT2D eigenvalue weighted by Gasteiger charge is 2.70. The van der Waals surface area contributed by atoms with Gasteiger partial charge in [-0.25, -0.2) is 4.39 Å². The van der Waals surface area contributed by atoms with E-state index < -0.39 is 58.9 Å². The molecule has 1 saturated heterocycles. The summed E-state index contributed by atoms with van der Waals surface area (Å²) in [7, 11) is 1.07. The standard InChI is InChI=1S/C24H23F5N2O4/c1-11(32)16-10-13(8-9-30-16)31-22(33)21-17(14-6-7-15(25)19(26)20(14)34-3)18(12-4-5-12)23(2,35-21)24(27,28)29/h6-10,12,17-18,21H,4-5H2,1-3H3,(H,30,31,33)/t17-,18+,21-,23-/m1/s1. The third-order valence-electron chi connectivity index (χ3n) is 6.70. The fourth-order valence-corrected chi connectivity index (χ4v) is 4.90. The number of carbonyl (C=O) groups is 2. The van der Waals surface area contributed by atoms with Crippen molar-refractivity contribution in [2.45, 2.75) is 50.5 Å². The minimum Gasteiger partial charge on any atom is -0.493 e. The Bertz CT molecular complexity index is 1170. The molecule has 2 fully saturated rings. The summed E-state index contributed by atoms with van der Waals surface area (Å²) >= 11 is 0. The number of pyridine rings is 1. The summed E-state index contributed by atoms with van der Waals surface area (Å²) in [5.74, 6) is -7.44. The van der Waals surface area contributed by atoms with Crippen LogP contribution in [0.2, 0.25) is 0 Å². The number of anilines is 1. The van der Waals surface area contributed by atoms with E-state index in [0.29, 0.717) is 12.8 Å². The van der Waals surface area contributed by atoms with E-state index in [4.69, 9.17) is 9.47 Å². The van der Waals surface area contributed by atoms with Gasteiger partial charge >= 0.3 is 6.18 Å². The van der Waals surface area contributed by atoms with E-state index >= 15 is 0 Å². The van der Waals surface area contributed by atoms with Gasteiger partial charge in [-0.1, -0.05) is 6.07 Å². The Morgan fingerprint density at radius 3 is 2.46 bits per heavy atom. The quantitative estimate of drug-likeness (QED) is 0.446. The van der Waals surface area contributed by atoms with E-state index in [9.17, 15) is 31.5 Å². The van der Waals surface area contributed by atoms with E-state index in [0.717, 1.165) is 26.2 Å². The molecule has 0 radical (unpaired) electrons. The van der Waals surface area contributed by atoms with Crippen molar-refractivity contribution in [2.24, 2.45) is 11.8 Å². The maximum atomic E-state index is 14.6. The van der Waals surface area contributed by atoms with Gasteiger partial charge in [-0.15, -0.1) is 0 Å². The fraction of sp³-hybridized carbons (Fsp3) is 0.458. The van der Waals surface area contributed by atoms with Crippen LogP contribution in [0, 0.1) is 23.5 Å². The highest BCUT2D eigenvalue weighted by molar-refractivity contribution is 5.97. The molecule has 4 rings (SSSR count). The molecule has 1 aliphatic heterocycles. The fourth-order valence-electron chi connectivity index (χ4n) is 4.90. The smallest absolute Gasteiger partial charge is 0.417 e. The Morgan fingerprint density at radius 2 is 1.89 bits per heavy atom. The Kier molecular flexibility index (Phi) is 6.33. The van der Waals surface area contributed by atoms with Crippen molar-refractivity contribution in [3.05, 3.63) is 53.4 Å². The number of aromatic nitrogens is 1. The van der Waals surface area contributed by atoms with Crippen LogP contribution in [0.1, 0.15) is 48.7 Å². The maximum Gasteiger partial charge on any atom is 0.417 e. The molecule has 0 unspecified atom stereocenters. The second-order valence-electron chi connectivity index (χ2n) is 8.99. The van der Waals surface area contributed by atoms with Crippen molar-refractivity contribution in [2.75, 3.05) is 12.4 Å².